The van der Waals surface area contributed by atoms with Crippen LogP contribution in [0.3, 0.4) is 0 Å². The van der Waals surface area contributed by atoms with Crippen LogP contribution < -0.4 is 5.32 Å². The first-order chi connectivity index (χ1) is 9.06. The largest absolute Gasteiger partial charge is 0.396 e. The highest BCUT2D eigenvalue weighted by Gasteiger charge is 2.16. The topological polar surface area (TPSA) is 97.4 Å². The van der Waals surface area contributed by atoms with Crippen LogP contribution in [0.2, 0.25) is 0 Å². The summed E-state index contributed by atoms with van der Waals surface area (Å²) in [6.45, 7) is 0.725. The van der Waals surface area contributed by atoms with Gasteiger partial charge in [-0.3, -0.25) is 14.9 Å². The van der Waals surface area contributed by atoms with Crippen molar-refractivity contribution in [2.75, 3.05) is 13.2 Å². The smallest absolute Gasteiger partial charge is 0.287 e. The number of nitrogens with one attached hydrogen (secondary N) is 1. The molecule has 0 aromatic carbocycles. The summed E-state index contributed by atoms with van der Waals surface area (Å²) >= 11 is 0. The molecule has 0 aliphatic rings. The normalized spacial score (nSPS) is 10.4. The van der Waals surface area contributed by atoms with Gasteiger partial charge in [0.1, 0.15) is 5.69 Å². The summed E-state index contributed by atoms with van der Waals surface area (Å²) in [5, 5.41) is 21.9. The summed E-state index contributed by atoms with van der Waals surface area (Å²) < 4.78 is 1.44. The zero-order valence-electron chi connectivity index (χ0n) is 11.0. The Kier molecular flexibility index (Phi) is 6.01. The average Bonchev–Trinajstić information content (AvgIpc) is 2.76. The predicted octanol–water partition coefficient (Wildman–Crippen LogP) is 1.22. The molecule has 19 heavy (non-hydrogen) atoms. The number of aliphatic hydroxyl groups is 1. The van der Waals surface area contributed by atoms with Gasteiger partial charge < -0.3 is 15.0 Å². The number of aryl methyl sites for hydroxylation is 1. The Balaban J connectivity index is 2.39. The molecule has 7 nitrogen and oxygen atoms in total. The fourth-order valence-corrected chi connectivity index (χ4v) is 1.76. The number of carbonyl (C=O) groups is 1. The van der Waals surface area contributed by atoms with Crippen molar-refractivity contribution in [2.24, 2.45) is 7.05 Å². The summed E-state index contributed by atoms with van der Waals surface area (Å²) in [7, 11) is 1.60. The van der Waals surface area contributed by atoms with Crippen LogP contribution in [-0.4, -0.2) is 33.7 Å². The molecule has 1 rings (SSSR count). The van der Waals surface area contributed by atoms with Crippen LogP contribution in [0.25, 0.3) is 0 Å². The van der Waals surface area contributed by atoms with Gasteiger partial charge in [0.25, 0.3) is 11.6 Å². The average molecular weight is 269 g/mol. The summed E-state index contributed by atoms with van der Waals surface area (Å²) in [5.74, 6) is -0.308. The van der Waals surface area contributed by atoms with Crippen LogP contribution in [0.5, 0.6) is 0 Å². The summed E-state index contributed by atoms with van der Waals surface area (Å²) in [5.41, 5.74) is 0.192. The van der Waals surface area contributed by atoms with Crippen LogP contribution in [0.4, 0.5) is 5.69 Å². The van der Waals surface area contributed by atoms with E-state index in [1.165, 1.54) is 16.8 Å². The molecule has 106 valence electrons. The molecule has 1 heterocycles. The lowest BCUT2D eigenvalue weighted by molar-refractivity contribution is -0.384. The molecular weight excluding hydrogens is 250 g/mol. The first-order valence-corrected chi connectivity index (χ1v) is 6.26. The maximum Gasteiger partial charge on any atom is 0.287 e. The number of unbranched alkanes of at least 4 members (excludes halogenated alkanes) is 3. The van der Waals surface area contributed by atoms with Crippen molar-refractivity contribution < 1.29 is 14.8 Å². The maximum absolute atomic E-state index is 11.8. The van der Waals surface area contributed by atoms with E-state index in [1.54, 1.807) is 7.05 Å². The molecule has 7 heteroatoms. The van der Waals surface area contributed by atoms with E-state index in [2.05, 4.69) is 5.32 Å². The molecule has 0 radical (unpaired) electrons. The van der Waals surface area contributed by atoms with E-state index in [0.717, 1.165) is 25.7 Å². The molecular formula is C12H19N3O4. The van der Waals surface area contributed by atoms with E-state index in [1.807, 2.05) is 0 Å². The van der Waals surface area contributed by atoms with Gasteiger partial charge in [-0.15, -0.1) is 0 Å². The van der Waals surface area contributed by atoms with E-state index in [0.29, 0.717) is 6.54 Å². The fourth-order valence-electron chi connectivity index (χ4n) is 1.76. The maximum atomic E-state index is 11.8. The van der Waals surface area contributed by atoms with Gasteiger partial charge in [0.05, 0.1) is 11.1 Å². The van der Waals surface area contributed by atoms with Gasteiger partial charge in [-0.05, 0) is 12.8 Å². The van der Waals surface area contributed by atoms with Crippen molar-refractivity contribution >= 4 is 11.6 Å². The van der Waals surface area contributed by atoms with E-state index >= 15 is 0 Å². The van der Waals surface area contributed by atoms with E-state index in [9.17, 15) is 14.9 Å². The SMILES string of the molecule is Cn1cc([N+](=O)[O-])cc1C(=O)NCCCCCCO. The molecule has 0 aliphatic heterocycles. The summed E-state index contributed by atoms with van der Waals surface area (Å²) in [6, 6.07) is 1.26. The van der Waals surface area contributed by atoms with Crippen molar-refractivity contribution in [1.29, 1.82) is 0 Å². The molecule has 1 aromatic rings. The minimum absolute atomic E-state index is 0.0874. The Morgan fingerprint density at radius 2 is 2.11 bits per heavy atom. The second-order valence-corrected chi connectivity index (χ2v) is 4.35. The fraction of sp³-hybridized carbons (Fsp3) is 0.583. The molecule has 0 atom stereocenters. The lowest BCUT2D eigenvalue weighted by Crippen LogP contribution is -2.26. The third-order valence-electron chi connectivity index (χ3n) is 2.80. The molecule has 1 aromatic heterocycles. The molecule has 1 amide bonds. The molecule has 0 spiro atoms. The molecule has 0 fully saturated rings. The highest BCUT2D eigenvalue weighted by molar-refractivity contribution is 5.93. The van der Waals surface area contributed by atoms with E-state index < -0.39 is 4.92 Å². The van der Waals surface area contributed by atoms with Gasteiger partial charge in [0.15, 0.2) is 0 Å². The van der Waals surface area contributed by atoms with Gasteiger partial charge in [-0.1, -0.05) is 12.8 Å². The zero-order valence-corrected chi connectivity index (χ0v) is 11.0. The van der Waals surface area contributed by atoms with E-state index in [-0.39, 0.29) is 23.9 Å². The predicted molar refractivity (Wildman–Crippen MR) is 70.0 cm³/mol. The Hall–Kier alpha value is -1.89. The van der Waals surface area contributed by atoms with Crippen LogP contribution in [0.1, 0.15) is 36.2 Å². The van der Waals surface area contributed by atoms with Gasteiger partial charge in [-0.2, -0.15) is 0 Å². The number of aromatic nitrogens is 1. The number of hydrogen-bond donors (Lipinski definition) is 2. The van der Waals surface area contributed by atoms with Crippen LogP contribution in [0.15, 0.2) is 12.3 Å². The summed E-state index contributed by atoms with van der Waals surface area (Å²) in [4.78, 5) is 21.9. The van der Waals surface area contributed by atoms with Crippen molar-refractivity contribution in [2.45, 2.75) is 25.7 Å². The van der Waals surface area contributed by atoms with Crippen LogP contribution in [0, 0.1) is 10.1 Å². The van der Waals surface area contributed by atoms with Crippen molar-refractivity contribution in [1.82, 2.24) is 9.88 Å². The highest BCUT2D eigenvalue weighted by atomic mass is 16.6. The van der Waals surface area contributed by atoms with Gasteiger partial charge in [-0.25, -0.2) is 0 Å². The summed E-state index contributed by atoms with van der Waals surface area (Å²) in [6.07, 6.45) is 4.79. The Bertz CT molecular complexity index is 442. The van der Waals surface area contributed by atoms with Gasteiger partial charge in [0, 0.05) is 26.3 Å². The molecule has 0 saturated carbocycles. The standard InChI is InChI=1S/C12H19N3O4/c1-14-9-10(15(18)19)8-11(14)12(17)13-6-4-2-3-5-7-16/h8-9,16H,2-7H2,1H3,(H,13,17). The number of aliphatic hydroxyl groups excluding tert-OH is 1. The number of hydrogen-bond acceptors (Lipinski definition) is 4. The zero-order chi connectivity index (χ0) is 14.3. The van der Waals surface area contributed by atoms with Crippen molar-refractivity contribution in [3.05, 3.63) is 28.1 Å². The first-order valence-electron chi connectivity index (χ1n) is 6.26. The molecule has 0 aliphatic carbocycles. The second kappa shape index (κ2) is 7.52. The molecule has 2 N–H and O–H groups in total. The number of nitro groups is 1. The van der Waals surface area contributed by atoms with Crippen molar-refractivity contribution in [3.8, 4) is 0 Å². The number of amides is 1. The molecule has 0 unspecified atom stereocenters. The molecule has 0 saturated heterocycles. The number of nitrogens with zero attached hydrogens (tertiary/aromatic N) is 2. The van der Waals surface area contributed by atoms with Crippen LogP contribution >= 0.6 is 0 Å². The Labute approximate surface area is 111 Å². The van der Waals surface area contributed by atoms with Crippen molar-refractivity contribution in [3.63, 3.8) is 0 Å². The number of carbonyl (C=O) groups excluding carboxylic acids is 1. The lowest BCUT2D eigenvalue weighted by Gasteiger charge is -2.05. The molecule has 0 bridgehead atoms. The Morgan fingerprint density at radius 3 is 2.68 bits per heavy atom. The Morgan fingerprint density at radius 1 is 1.42 bits per heavy atom. The van der Waals surface area contributed by atoms with Gasteiger partial charge >= 0.3 is 0 Å². The third-order valence-corrected chi connectivity index (χ3v) is 2.80. The highest BCUT2D eigenvalue weighted by Crippen LogP contribution is 2.14. The minimum atomic E-state index is -0.522. The quantitative estimate of drug-likeness (QED) is 0.421. The second-order valence-electron chi connectivity index (χ2n) is 4.35. The minimum Gasteiger partial charge on any atom is -0.396 e. The monoisotopic (exact) mass is 269 g/mol. The van der Waals surface area contributed by atoms with E-state index in [4.69, 9.17) is 5.11 Å². The van der Waals surface area contributed by atoms with Gasteiger partial charge in [0.2, 0.25) is 0 Å². The number of rotatable bonds is 8. The first kappa shape index (κ1) is 15.2. The lowest BCUT2D eigenvalue weighted by atomic mass is 10.2. The van der Waals surface area contributed by atoms with Crippen LogP contribution in [-0.2, 0) is 7.05 Å². The third kappa shape index (κ3) is 4.70.